The number of rotatable bonds is 10. The van der Waals surface area contributed by atoms with E-state index in [4.69, 9.17) is 16.7 Å². The van der Waals surface area contributed by atoms with Gasteiger partial charge in [0.2, 0.25) is 0 Å². The zero-order chi connectivity index (χ0) is 24.0. The Balaban J connectivity index is 1.54. The zero-order valence-electron chi connectivity index (χ0n) is 18.7. The van der Waals surface area contributed by atoms with Gasteiger partial charge >= 0.3 is 6.03 Å². The van der Waals surface area contributed by atoms with Crippen molar-refractivity contribution < 1.29 is 15.0 Å². The zero-order valence-corrected chi connectivity index (χ0v) is 20.3. The summed E-state index contributed by atoms with van der Waals surface area (Å²) in [6, 6.07) is 21.8. The van der Waals surface area contributed by atoms with Crippen LogP contribution in [0.1, 0.15) is 36.0 Å². The Bertz CT molecular complexity index is 1110. The molecule has 0 bridgehead atoms. The van der Waals surface area contributed by atoms with E-state index in [2.05, 4.69) is 10.0 Å². The van der Waals surface area contributed by atoms with E-state index in [1.807, 2.05) is 54.6 Å². The molecule has 0 fully saturated rings. The summed E-state index contributed by atoms with van der Waals surface area (Å²) in [5.74, 6) is 0. The minimum absolute atomic E-state index is 0.211. The molecule has 34 heavy (non-hydrogen) atoms. The van der Waals surface area contributed by atoms with Crippen molar-refractivity contribution in [3.05, 3.63) is 94.5 Å². The summed E-state index contributed by atoms with van der Waals surface area (Å²) in [5, 5.41) is 24.3. The van der Waals surface area contributed by atoms with Crippen LogP contribution in [0.5, 0.6) is 0 Å². The van der Waals surface area contributed by atoms with Gasteiger partial charge in [-0.1, -0.05) is 54.1 Å². The summed E-state index contributed by atoms with van der Waals surface area (Å²) in [5.41, 5.74) is 0.873. The smallest absolute Gasteiger partial charge is 0.324 e. The maximum Gasteiger partial charge on any atom is 0.324 e. The molecule has 0 spiro atoms. The van der Waals surface area contributed by atoms with E-state index in [9.17, 15) is 9.90 Å². The second kappa shape index (κ2) is 11.3. The Morgan fingerprint density at radius 2 is 1.76 bits per heavy atom. The first kappa shape index (κ1) is 24.6. The lowest BCUT2D eigenvalue weighted by molar-refractivity contribution is -0.0565. The van der Waals surface area contributed by atoms with Gasteiger partial charge in [-0.25, -0.2) is 4.79 Å². The van der Waals surface area contributed by atoms with Crippen LogP contribution in [0.15, 0.2) is 77.7 Å². The molecule has 0 radical (unpaired) electrons. The molecule has 2 amide bonds. The predicted octanol–water partition coefficient (Wildman–Crippen LogP) is 5.34. The van der Waals surface area contributed by atoms with E-state index in [1.54, 1.807) is 30.1 Å². The van der Waals surface area contributed by atoms with Crippen molar-refractivity contribution in [3.8, 4) is 0 Å². The SMILES string of the molecule is O=C1Nc2ccc(Cl)cc2C(O)(c2ccccc2)N1Cc1ccc(SNCCCCCO)cc1. The van der Waals surface area contributed by atoms with Gasteiger partial charge in [0, 0.05) is 34.2 Å². The number of benzene rings is 3. The lowest BCUT2D eigenvalue weighted by Gasteiger charge is -2.44. The topological polar surface area (TPSA) is 84.8 Å². The summed E-state index contributed by atoms with van der Waals surface area (Å²) in [6.07, 6.45) is 2.84. The first-order valence-electron chi connectivity index (χ1n) is 11.3. The van der Waals surface area contributed by atoms with Crippen molar-refractivity contribution in [2.24, 2.45) is 0 Å². The number of nitrogens with one attached hydrogen (secondary N) is 2. The highest BCUT2D eigenvalue weighted by atomic mass is 35.5. The second-order valence-electron chi connectivity index (χ2n) is 8.17. The third-order valence-electron chi connectivity index (χ3n) is 5.80. The molecule has 1 aliphatic heterocycles. The number of aliphatic hydroxyl groups is 2. The third-order valence-corrected chi connectivity index (χ3v) is 6.89. The van der Waals surface area contributed by atoms with Crippen LogP contribution in [0, 0.1) is 0 Å². The molecule has 4 N–H and O–H groups in total. The van der Waals surface area contributed by atoms with Crippen LogP contribution in [0.4, 0.5) is 10.5 Å². The maximum absolute atomic E-state index is 13.1. The standard InChI is InChI=1S/C26H28ClN3O3S/c27-21-11-14-24-23(17-21)26(33,20-7-3-1-4-8-20)30(25(32)29-24)18-19-9-12-22(13-10-19)34-28-15-5-2-6-16-31/h1,3-4,7-14,17,28,31,33H,2,5-6,15-16,18H2,(H,29,32). The van der Waals surface area contributed by atoms with Crippen LogP contribution < -0.4 is 10.0 Å². The summed E-state index contributed by atoms with van der Waals surface area (Å²) < 4.78 is 3.33. The molecule has 0 saturated heterocycles. The fourth-order valence-corrected chi connectivity index (χ4v) is 4.88. The molecule has 8 heteroatoms. The van der Waals surface area contributed by atoms with E-state index in [1.165, 1.54) is 4.90 Å². The van der Waals surface area contributed by atoms with Crippen LogP contribution in [-0.2, 0) is 12.3 Å². The molecule has 3 aromatic rings. The quantitative estimate of drug-likeness (QED) is 0.224. The van der Waals surface area contributed by atoms with Crippen LogP contribution >= 0.6 is 23.5 Å². The number of aliphatic hydroxyl groups excluding tert-OH is 1. The Kier molecular flexibility index (Phi) is 8.13. The lowest BCUT2D eigenvalue weighted by atomic mass is 9.89. The average Bonchev–Trinajstić information content (AvgIpc) is 2.86. The van der Waals surface area contributed by atoms with Crippen molar-refractivity contribution >= 4 is 35.3 Å². The lowest BCUT2D eigenvalue weighted by Crippen LogP contribution is -2.55. The van der Waals surface area contributed by atoms with Crippen LogP contribution in [0.3, 0.4) is 0 Å². The number of nitrogens with zero attached hydrogens (tertiary/aromatic N) is 1. The number of anilines is 1. The minimum Gasteiger partial charge on any atom is -0.396 e. The van der Waals surface area contributed by atoms with Gasteiger partial charge in [0.25, 0.3) is 0 Å². The molecule has 6 nitrogen and oxygen atoms in total. The van der Waals surface area contributed by atoms with E-state index in [0.29, 0.717) is 21.8 Å². The maximum atomic E-state index is 13.1. The Morgan fingerprint density at radius 3 is 2.50 bits per heavy atom. The first-order valence-corrected chi connectivity index (χ1v) is 12.5. The molecule has 0 aromatic heterocycles. The Morgan fingerprint density at radius 1 is 1.00 bits per heavy atom. The van der Waals surface area contributed by atoms with Crippen LogP contribution in [0.2, 0.25) is 5.02 Å². The van der Waals surface area contributed by atoms with Crippen molar-refractivity contribution in [3.63, 3.8) is 0 Å². The van der Waals surface area contributed by atoms with Crippen LogP contribution in [0.25, 0.3) is 0 Å². The normalized spacial score (nSPS) is 17.4. The molecule has 1 unspecified atom stereocenters. The van der Waals surface area contributed by atoms with Crippen LogP contribution in [-0.4, -0.2) is 34.3 Å². The van der Waals surface area contributed by atoms with Gasteiger partial charge in [-0.3, -0.25) is 9.62 Å². The molecule has 3 aromatic carbocycles. The first-order chi connectivity index (χ1) is 16.5. The van der Waals surface area contributed by atoms with Gasteiger partial charge in [-0.05, 0) is 67.1 Å². The number of carbonyl (C=O) groups excluding carboxylic acids is 1. The average molecular weight is 498 g/mol. The van der Waals surface area contributed by atoms with Gasteiger partial charge < -0.3 is 15.5 Å². The Hall–Kier alpha value is -2.55. The highest BCUT2D eigenvalue weighted by molar-refractivity contribution is 7.97. The van der Waals surface area contributed by atoms with Crippen molar-refractivity contribution in [2.45, 2.75) is 36.4 Å². The highest BCUT2D eigenvalue weighted by Gasteiger charge is 2.46. The van der Waals surface area contributed by atoms with Gasteiger partial charge in [-0.2, -0.15) is 0 Å². The minimum atomic E-state index is -1.67. The number of halogens is 1. The van der Waals surface area contributed by atoms with Gasteiger partial charge in [0.1, 0.15) is 0 Å². The summed E-state index contributed by atoms with van der Waals surface area (Å²) >= 11 is 7.82. The third kappa shape index (κ3) is 5.40. The van der Waals surface area contributed by atoms with E-state index < -0.39 is 5.72 Å². The highest BCUT2D eigenvalue weighted by Crippen LogP contribution is 2.43. The number of unbranched alkanes of at least 4 members (excludes halogenated alkanes) is 2. The molecule has 0 saturated carbocycles. The molecule has 1 heterocycles. The number of fused-ring (bicyclic) bond motifs is 1. The van der Waals surface area contributed by atoms with Gasteiger partial charge in [-0.15, -0.1) is 0 Å². The summed E-state index contributed by atoms with van der Waals surface area (Å²) in [4.78, 5) is 15.6. The van der Waals surface area contributed by atoms with Gasteiger partial charge in [0.05, 0.1) is 12.2 Å². The van der Waals surface area contributed by atoms with E-state index in [0.717, 1.165) is 36.3 Å². The molecule has 0 aliphatic carbocycles. The molecule has 4 rings (SSSR count). The van der Waals surface area contributed by atoms with E-state index >= 15 is 0 Å². The summed E-state index contributed by atoms with van der Waals surface area (Å²) in [7, 11) is 0. The molecular formula is C26H28ClN3O3S. The number of urea groups is 1. The second-order valence-corrected chi connectivity index (χ2v) is 9.57. The van der Waals surface area contributed by atoms with Gasteiger partial charge in [0.15, 0.2) is 5.72 Å². The molecule has 178 valence electrons. The van der Waals surface area contributed by atoms with Crippen molar-refractivity contribution in [1.29, 1.82) is 0 Å². The Labute approximate surface area is 209 Å². The fourth-order valence-electron chi connectivity index (χ4n) is 4.02. The number of hydrogen-bond donors (Lipinski definition) is 4. The monoisotopic (exact) mass is 497 g/mol. The largest absolute Gasteiger partial charge is 0.396 e. The molecule has 1 atom stereocenters. The number of hydrogen-bond acceptors (Lipinski definition) is 5. The van der Waals surface area contributed by atoms with E-state index in [-0.39, 0.29) is 19.2 Å². The number of carbonyl (C=O) groups is 1. The molecule has 1 aliphatic rings. The van der Waals surface area contributed by atoms with Crippen molar-refractivity contribution in [1.82, 2.24) is 9.62 Å². The fraction of sp³-hybridized carbons (Fsp3) is 0.269. The van der Waals surface area contributed by atoms with Crippen molar-refractivity contribution in [2.75, 3.05) is 18.5 Å². The predicted molar refractivity (Wildman–Crippen MR) is 137 cm³/mol. The molecular weight excluding hydrogens is 470 g/mol. The number of amides is 2. The summed E-state index contributed by atoms with van der Waals surface area (Å²) in [6.45, 7) is 1.32.